The summed E-state index contributed by atoms with van der Waals surface area (Å²) >= 11 is 0. The lowest BCUT2D eigenvalue weighted by Gasteiger charge is -2.11. The van der Waals surface area contributed by atoms with Crippen LogP contribution in [0.15, 0.2) is 24.3 Å². The first-order valence-corrected chi connectivity index (χ1v) is 7.15. The van der Waals surface area contributed by atoms with Crippen LogP contribution in [-0.2, 0) is 4.79 Å². The number of rotatable bonds is 6. The van der Waals surface area contributed by atoms with Crippen molar-refractivity contribution in [3.05, 3.63) is 29.8 Å². The molecule has 1 aromatic rings. The largest absolute Gasteiger partial charge is 0.349 e. The Hall–Kier alpha value is -1.88. The highest BCUT2D eigenvalue weighted by Gasteiger charge is 2.25. The number of anilines is 1. The van der Waals surface area contributed by atoms with E-state index in [0.29, 0.717) is 29.9 Å². The third kappa shape index (κ3) is 3.57. The van der Waals surface area contributed by atoms with Crippen molar-refractivity contribution >= 4 is 17.5 Å². The third-order valence-corrected chi connectivity index (χ3v) is 3.49. The smallest absolute Gasteiger partial charge is 0.253 e. The summed E-state index contributed by atoms with van der Waals surface area (Å²) in [6.45, 7) is 0.295. The predicted octanol–water partition coefficient (Wildman–Crippen LogP) is 1.27. The lowest BCUT2D eigenvalue weighted by molar-refractivity contribution is -0.115. The summed E-state index contributed by atoms with van der Waals surface area (Å²) in [7, 11) is 0. The van der Waals surface area contributed by atoms with Crippen LogP contribution in [0.3, 0.4) is 0 Å². The molecule has 0 bridgehead atoms. The summed E-state index contributed by atoms with van der Waals surface area (Å²) in [6.07, 6.45) is 4.39. The van der Waals surface area contributed by atoms with Crippen molar-refractivity contribution in [1.82, 2.24) is 10.6 Å². The van der Waals surface area contributed by atoms with Gasteiger partial charge < -0.3 is 16.0 Å². The second-order valence-electron chi connectivity index (χ2n) is 5.50. The Bertz CT molecular complexity index is 522. The molecule has 106 valence electrons. The molecule has 2 aliphatic rings. The van der Waals surface area contributed by atoms with Gasteiger partial charge in [-0.15, -0.1) is 0 Å². The van der Waals surface area contributed by atoms with Gasteiger partial charge in [0.25, 0.3) is 5.91 Å². The van der Waals surface area contributed by atoms with E-state index in [1.165, 1.54) is 0 Å². The lowest BCUT2D eigenvalue weighted by Crippen LogP contribution is -2.31. The number of carbonyl (C=O) groups is 2. The van der Waals surface area contributed by atoms with Gasteiger partial charge in [0.1, 0.15) is 0 Å². The first-order valence-electron chi connectivity index (χ1n) is 7.15. The zero-order chi connectivity index (χ0) is 13.9. The Kier molecular flexibility index (Phi) is 3.69. The highest BCUT2D eigenvalue weighted by atomic mass is 16.2. The topological polar surface area (TPSA) is 70.2 Å². The minimum atomic E-state index is -0.112. The number of amides is 2. The highest BCUT2D eigenvalue weighted by Crippen LogP contribution is 2.21. The Morgan fingerprint density at radius 2 is 1.75 bits per heavy atom. The van der Waals surface area contributed by atoms with Crippen LogP contribution >= 0.6 is 0 Å². The molecule has 0 aromatic heterocycles. The number of para-hydroxylation sites is 1. The first kappa shape index (κ1) is 13.1. The van der Waals surface area contributed by atoms with Crippen molar-refractivity contribution in [2.24, 2.45) is 0 Å². The minimum absolute atomic E-state index is 0.108. The monoisotopic (exact) mass is 273 g/mol. The maximum atomic E-state index is 12.1. The van der Waals surface area contributed by atoms with Crippen LogP contribution in [0.1, 0.15) is 36.0 Å². The van der Waals surface area contributed by atoms with E-state index in [-0.39, 0.29) is 11.8 Å². The number of benzene rings is 1. The van der Waals surface area contributed by atoms with Crippen molar-refractivity contribution in [2.45, 2.75) is 37.8 Å². The van der Waals surface area contributed by atoms with Crippen molar-refractivity contribution in [2.75, 3.05) is 11.9 Å². The molecular formula is C15H19N3O2. The van der Waals surface area contributed by atoms with Gasteiger partial charge in [-0.1, -0.05) is 12.1 Å². The molecule has 0 saturated heterocycles. The standard InChI is InChI=1S/C15H19N3O2/c19-14(9-16-10-5-6-10)18-13-4-2-1-3-12(13)15(20)17-11-7-8-11/h1-4,10-11,16H,5-9H2,(H,17,20)(H,18,19). The van der Waals surface area contributed by atoms with Crippen LogP contribution in [-0.4, -0.2) is 30.4 Å². The average Bonchev–Trinajstić information content (AvgIpc) is 3.32. The van der Waals surface area contributed by atoms with E-state index in [1.54, 1.807) is 18.2 Å². The molecule has 2 aliphatic carbocycles. The van der Waals surface area contributed by atoms with Gasteiger partial charge >= 0.3 is 0 Å². The van der Waals surface area contributed by atoms with E-state index in [9.17, 15) is 9.59 Å². The number of nitrogens with one attached hydrogen (secondary N) is 3. The van der Waals surface area contributed by atoms with Crippen molar-refractivity contribution in [3.8, 4) is 0 Å². The molecule has 0 spiro atoms. The van der Waals surface area contributed by atoms with Gasteiger partial charge in [-0.3, -0.25) is 9.59 Å². The van der Waals surface area contributed by atoms with Gasteiger partial charge in [-0.2, -0.15) is 0 Å². The van der Waals surface area contributed by atoms with E-state index in [0.717, 1.165) is 25.7 Å². The molecular weight excluding hydrogens is 254 g/mol. The fraction of sp³-hybridized carbons (Fsp3) is 0.467. The normalized spacial score (nSPS) is 17.6. The first-order chi connectivity index (χ1) is 9.72. The fourth-order valence-corrected chi connectivity index (χ4v) is 2.00. The van der Waals surface area contributed by atoms with Gasteiger partial charge in [0.15, 0.2) is 0 Å². The zero-order valence-electron chi connectivity index (χ0n) is 11.3. The molecule has 0 atom stereocenters. The maximum Gasteiger partial charge on any atom is 0.253 e. The van der Waals surface area contributed by atoms with Crippen LogP contribution in [0.4, 0.5) is 5.69 Å². The van der Waals surface area contributed by atoms with Gasteiger partial charge in [0, 0.05) is 12.1 Å². The summed E-state index contributed by atoms with van der Waals surface area (Å²) in [5.74, 6) is -0.220. The van der Waals surface area contributed by atoms with E-state index < -0.39 is 0 Å². The van der Waals surface area contributed by atoms with E-state index in [4.69, 9.17) is 0 Å². The fourth-order valence-electron chi connectivity index (χ4n) is 2.00. The molecule has 2 fully saturated rings. The van der Waals surface area contributed by atoms with E-state index in [2.05, 4.69) is 16.0 Å². The lowest BCUT2D eigenvalue weighted by atomic mass is 10.1. The zero-order valence-corrected chi connectivity index (χ0v) is 11.3. The third-order valence-electron chi connectivity index (χ3n) is 3.49. The van der Waals surface area contributed by atoms with Gasteiger partial charge in [-0.05, 0) is 37.8 Å². The van der Waals surface area contributed by atoms with Crippen LogP contribution in [0.25, 0.3) is 0 Å². The van der Waals surface area contributed by atoms with Crippen molar-refractivity contribution < 1.29 is 9.59 Å². The summed E-state index contributed by atoms with van der Waals surface area (Å²) in [6, 6.07) is 7.92. The molecule has 0 heterocycles. The molecule has 5 nitrogen and oxygen atoms in total. The van der Waals surface area contributed by atoms with Crippen LogP contribution in [0, 0.1) is 0 Å². The second kappa shape index (κ2) is 5.63. The summed E-state index contributed by atoms with van der Waals surface area (Å²) in [5.41, 5.74) is 1.10. The number of hydrogen-bond acceptors (Lipinski definition) is 3. The highest BCUT2D eigenvalue weighted by molar-refractivity contribution is 6.04. The summed E-state index contributed by atoms with van der Waals surface area (Å²) in [4.78, 5) is 23.9. The molecule has 3 rings (SSSR count). The second-order valence-corrected chi connectivity index (χ2v) is 5.50. The summed E-state index contributed by atoms with van der Waals surface area (Å²) in [5, 5.41) is 8.90. The van der Waals surface area contributed by atoms with E-state index in [1.807, 2.05) is 6.07 Å². The molecule has 0 radical (unpaired) electrons. The quantitative estimate of drug-likeness (QED) is 0.731. The Morgan fingerprint density at radius 1 is 1.05 bits per heavy atom. The van der Waals surface area contributed by atoms with Crippen LogP contribution < -0.4 is 16.0 Å². The van der Waals surface area contributed by atoms with Crippen molar-refractivity contribution in [1.29, 1.82) is 0 Å². The molecule has 0 aliphatic heterocycles. The minimum Gasteiger partial charge on any atom is -0.349 e. The number of hydrogen-bond donors (Lipinski definition) is 3. The molecule has 3 N–H and O–H groups in total. The molecule has 2 amide bonds. The van der Waals surface area contributed by atoms with Gasteiger partial charge in [-0.25, -0.2) is 0 Å². The predicted molar refractivity (Wildman–Crippen MR) is 76.6 cm³/mol. The molecule has 2 saturated carbocycles. The molecule has 20 heavy (non-hydrogen) atoms. The Balaban J connectivity index is 1.61. The Morgan fingerprint density at radius 3 is 2.45 bits per heavy atom. The van der Waals surface area contributed by atoms with Crippen LogP contribution in [0.2, 0.25) is 0 Å². The molecule has 5 heteroatoms. The molecule has 1 aromatic carbocycles. The Labute approximate surface area is 118 Å². The van der Waals surface area contributed by atoms with E-state index >= 15 is 0 Å². The average molecular weight is 273 g/mol. The molecule has 0 unspecified atom stereocenters. The van der Waals surface area contributed by atoms with Gasteiger partial charge in [0.2, 0.25) is 5.91 Å². The summed E-state index contributed by atoms with van der Waals surface area (Å²) < 4.78 is 0. The van der Waals surface area contributed by atoms with Crippen LogP contribution in [0.5, 0.6) is 0 Å². The van der Waals surface area contributed by atoms with Gasteiger partial charge in [0.05, 0.1) is 17.8 Å². The van der Waals surface area contributed by atoms with Crippen molar-refractivity contribution in [3.63, 3.8) is 0 Å². The number of carbonyl (C=O) groups excluding carboxylic acids is 2. The maximum absolute atomic E-state index is 12.1. The SMILES string of the molecule is O=C(CNC1CC1)Nc1ccccc1C(=O)NC1CC1.